The molecule has 0 radical (unpaired) electrons. The van der Waals surface area contributed by atoms with Crippen LogP contribution >= 0.6 is 11.6 Å². The predicted octanol–water partition coefficient (Wildman–Crippen LogP) is 3.03. The second-order valence-electron chi connectivity index (χ2n) is 4.87. The van der Waals surface area contributed by atoms with Crippen LogP contribution in [-0.2, 0) is 4.79 Å². The van der Waals surface area contributed by atoms with Crippen LogP contribution in [0.5, 0.6) is 0 Å². The van der Waals surface area contributed by atoms with Crippen LogP contribution in [0.1, 0.15) is 25.7 Å². The molecule has 1 aliphatic rings. The topological polar surface area (TPSA) is 68.5 Å². The molecule has 110 valence electrons. The number of benzene rings is 1. The number of amides is 1. The molecule has 1 N–H and O–H groups in total. The third-order valence-electron chi connectivity index (χ3n) is 3.36. The van der Waals surface area contributed by atoms with Crippen molar-refractivity contribution in [3.8, 4) is 6.07 Å². The van der Waals surface area contributed by atoms with Gasteiger partial charge in [0, 0.05) is 13.1 Å². The van der Waals surface area contributed by atoms with Gasteiger partial charge >= 0.3 is 0 Å². The van der Waals surface area contributed by atoms with Crippen molar-refractivity contribution in [3.05, 3.63) is 29.3 Å². The van der Waals surface area contributed by atoms with E-state index in [2.05, 4.69) is 10.5 Å². The van der Waals surface area contributed by atoms with Crippen LogP contribution in [0.25, 0.3) is 0 Å². The van der Waals surface area contributed by atoms with Crippen molar-refractivity contribution in [2.24, 2.45) is 5.10 Å². The Bertz CT molecular complexity index is 571. The monoisotopic (exact) mass is 304 g/mol. The Balaban J connectivity index is 2.08. The van der Waals surface area contributed by atoms with Gasteiger partial charge in [-0.25, -0.2) is 0 Å². The summed E-state index contributed by atoms with van der Waals surface area (Å²) in [6.45, 7) is 1.37. The van der Waals surface area contributed by atoms with E-state index >= 15 is 0 Å². The van der Waals surface area contributed by atoms with E-state index in [1.807, 2.05) is 6.07 Å². The number of rotatable bonds is 3. The summed E-state index contributed by atoms with van der Waals surface area (Å²) in [6, 6.07) is 8.90. The molecule has 1 aliphatic heterocycles. The fraction of sp³-hybridized carbons (Fsp3) is 0.400. The molecule has 1 aromatic rings. The first kappa shape index (κ1) is 15.3. The van der Waals surface area contributed by atoms with Gasteiger partial charge in [0.15, 0.2) is 0 Å². The molecule has 1 aromatic carbocycles. The lowest BCUT2D eigenvalue weighted by Crippen LogP contribution is -2.37. The van der Waals surface area contributed by atoms with E-state index in [0.29, 0.717) is 23.8 Å². The van der Waals surface area contributed by atoms with Crippen molar-refractivity contribution in [2.75, 3.05) is 18.5 Å². The fourth-order valence-corrected chi connectivity index (χ4v) is 2.39. The molecule has 0 unspecified atom stereocenters. The Kier molecular flexibility index (Phi) is 5.59. The normalized spacial score (nSPS) is 16.0. The van der Waals surface area contributed by atoms with E-state index in [9.17, 15) is 4.79 Å². The minimum absolute atomic E-state index is 0.142. The van der Waals surface area contributed by atoms with Crippen LogP contribution in [0.3, 0.4) is 0 Å². The molecule has 0 aliphatic carbocycles. The molecule has 1 saturated heterocycles. The first-order chi connectivity index (χ1) is 10.2. The predicted molar refractivity (Wildman–Crippen MR) is 83.2 cm³/mol. The van der Waals surface area contributed by atoms with E-state index in [1.165, 1.54) is 0 Å². The number of nitrogens with one attached hydrogen (secondary N) is 1. The van der Waals surface area contributed by atoms with Crippen LogP contribution in [-0.4, -0.2) is 29.6 Å². The number of para-hydroxylation sites is 1. The number of nitriles is 1. The van der Waals surface area contributed by atoms with E-state index in [4.69, 9.17) is 16.9 Å². The van der Waals surface area contributed by atoms with Gasteiger partial charge in [0.25, 0.3) is 5.91 Å². The Morgan fingerprint density at radius 2 is 1.90 bits per heavy atom. The van der Waals surface area contributed by atoms with Crippen molar-refractivity contribution in [1.29, 1.82) is 5.26 Å². The SMILES string of the molecule is N#CC(=NNc1ccccc1Cl)C(=O)N1CCCCCC1. The summed E-state index contributed by atoms with van der Waals surface area (Å²) in [6.07, 6.45) is 4.20. The zero-order valence-corrected chi connectivity index (χ0v) is 12.4. The number of hydrogen-bond donors (Lipinski definition) is 1. The van der Waals surface area contributed by atoms with Crippen molar-refractivity contribution >= 4 is 28.9 Å². The van der Waals surface area contributed by atoms with E-state index in [1.54, 1.807) is 29.2 Å². The molecule has 5 nitrogen and oxygen atoms in total. The van der Waals surface area contributed by atoms with Crippen molar-refractivity contribution < 1.29 is 4.79 Å². The summed E-state index contributed by atoms with van der Waals surface area (Å²) < 4.78 is 0. The van der Waals surface area contributed by atoms with Gasteiger partial charge in [-0.15, -0.1) is 0 Å². The highest BCUT2D eigenvalue weighted by atomic mass is 35.5. The van der Waals surface area contributed by atoms with Crippen molar-refractivity contribution in [2.45, 2.75) is 25.7 Å². The summed E-state index contributed by atoms with van der Waals surface area (Å²) in [5.74, 6) is -0.320. The zero-order valence-electron chi connectivity index (χ0n) is 11.7. The number of likely N-dealkylation sites (tertiary alicyclic amines) is 1. The van der Waals surface area contributed by atoms with E-state index < -0.39 is 0 Å². The third kappa shape index (κ3) is 4.20. The van der Waals surface area contributed by atoms with Gasteiger partial charge in [0.2, 0.25) is 5.71 Å². The molecule has 2 rings (SSSR count). The second kappa shape index (κ2) is 7.65. The second-order valence-corrected chi connectivity index (χ2v) is 5.28. The number of carbonyl (C=O) groups excluding carboxylic acids is 1. The minimum Gasteiger partial charge on any atom is -0.337 e. The average molecular weight is 305 g/mol. The molecule has 0 saturated carbocycles. The largest absolute Gasteiger partial charge is 0.337 e. The lowest BCUT2D eigenvalue weighted by atomic mass is 10.2. The first-order valence-electron chi connectivity index (χ1n) is 7.00. The molecular formula is C15H17ClN4O. The van der Waals surface area contributed by atoms with Crippen LogP contribution in [0.15, 0.2) is 29.4 Å². The lowest BCUT2D eigenvalue weighted by molar-refractivity contribution is -0.123. The highest BCUT2D eigenvalue weighted by Gasteiger charge is 2.20. The van der Waals surface area contributed by atoms with Crippen molar-refractivity contribution in [1.82, 2.24) is 4.90 Å². The first-order valence-corrected chi connectivity index (χ1v) is 7.38. The van der Waals surface area contributed by atoms with Gasteiger partial charge in [0.05, 0.1) is 10.7 Å². The molecule has 0 bridgehead atoms. The lowest BCUT2D eigenvalue weighted by Gasteiger charge is -2.18. The number of nitrogens with zero attached hydrogens (tertiary/aromatic N) is 3. The van der Waals surface area contributed by atoms with Gasteiger partial charge < -0.3 is 4.90 Å². The Hall–Kier alpha value is -2.06. The molecule has 21 heavy (non-hydrogen) atoms. The minimum atomic E-state index is -0.320. The Morgan fingerprint density at radius 1 is 1.24 bits per heavy atom. The summed E-state index contributed by atoms with van der Waals surface area (Å²) in [5, 5.41) is 13.5. The molecular weight excluding hydrogens is 288 g/mol. The molecule has 1 fully saturated rings. The summed E-state index contributed by atoms with van der Waals surface area (Å²) in [7, 11) is 0. The maximum atomic E-state index is 12.3. The quantitative estimate of drug-likeness (QED) is 0.689. The molecule has 6 heteroatoms. The Morgan fingerprint density at radius 3 is 2.52 bits per heavy atom. The van der Waals surface area contributed by atoms with Gasteiger partial charge in [-0.3, -0.25) is 10.2 Å². The van der Waals surface area contributed by atoms with Crippen LogP contribution in [0.2, 0.25) is 5.02 Å². The fourth-order valence-electron chi connectivity index (χ4n) is 2.21. The van der Waals surface area contributed by atoms with Crippen molar-refractivity contribution in [3.63, 3.8) is 0 Å². The molecule has 0 aromatic heterocycles. The standard InChI is InChI=1S/C15H17ClN4O/c16-12-7-3-4-8-13(12)18-19-14(11-17)15(21)20-9-5-1-2-6-10-20/h3-4,7-8,18H,1-2,5-6,9-10H2. The smallest absolute Gasteiger partial charge is 0.285 e. The van der Waals surface area contributed by atoms with Gasteiger partial charge in [-0.05, 0) is 25.0 Å². The molecule has 0 spiro atoms. The molecule has 1 amide bonds. The molecule has 0 atom stereocenters. The summed E-state index contributed by atoms with van der Waals surface area (Å²) in [5.41, 5.74) is 3.11. The number of hydrazone groups is 1. The number of carbonyl (C=O) groups is 1. The third-order valence-corrected chi connectivity index (χ3v) is 3.69. The van der Waals surface area contributed by atoms with E-state index in [-0.39, 0.29) is 11.6 Å². The zero-order chi connectivity index (χ0) is 15.1. The summed E-state index contributed by atoms with van der Waals surface area (Å²) >= 11 is 5.99. The van der Waals surface area contributed by atoms with Crippen LogP contribution in [0.4, 0.5) is 5.69 Å². The van der Waals surface area contributed by atoms with E-state index in [0.717, 1.165) is 25.7 Å². The van der Waals surface area contributed by atoms with Crippen LogP contribution in [0, 0.1) is 11.3 Å². The van der Waals surface area contributed by atoms with Gasteiger partial charge in [-0.2, -0.15) is 10.4 Å². The maximum Gasteiger partial charge on any atom is 0.285 e. The summed E-state index contributed by atoms with van der Waals surface area (Å²) in [4.78, 5) is 14.0. The van der Waals surface area contributed by atoms with Gasteiger partial charge in [0.1, 0.15) is 6.07 Å². The number of anilines is 1. The van der Waals surface area contributed by atoms with Gasteiger partial charge in [-0.1, -0.05) is 36.6 Å². The number of halogens is 1. The average Bonchev–Trinajstić information content (AvgIpc) is 2.78. The molecule has 1 heterocycles. The highest BCUT2D eigenvalue weighted by molar-refractivity contribution is 6.45. The maximum absolute atomic E-state index is 12.3. The number of hydrogen-bond acceptors (Lipinski definition) is 4. The Labute approximate surface area is 129 Å². The van der Waals surface area contributed by atoms with Crippen LogP contribution < -0.4 is 5.43 Å². The highest BCUT2D eigenvalue weighted by Crippen LogP contribution is 2.20.